The highest BCUT2D eigenvalue weighted by Crippen LogP contribution is 2.27. The van der Waals surface area contributed by atoms with E-state index in [2.05, 4.69) is 24.3 Å². The Morgan fingerprint density at radius 2 is 2.06 bits per heavy atom. The van der Waals surface area contributed by atoms with Gasteiger partial charge in [-0.15, -0.1) is 0 Å². The SMILES string of the molecule is CCCC1CCC(NCc2cnn(C)c2C)CC1. The zero-order chi connectivity index (χ0) is 13.0. The molecule has 2 rings (SSSR count). The molecule has 1 N–H and O–H groups in total. The van der Waals surface area contributed by atoms with E-state index in [1.54, 1.807) is 0 Å². The molecule has 0 unspecified atom stereocenters. The van der Waals surface area contributed by atoms with Gasteiger partial charge in [0.2, 0.25) is 0 Å². The summed E-state index contributed by atoms with van der Waals surface area (Å²) in [7, 11) is 2.01. The van der Waals surface area contributed by atoms with Crippen LogP contribution in [0.5, 0.6) is 0 Å². The van der Waals surface area contributed by atoms with Gasteiger partial charge in [0.05, 0.1) is 6.20 Å². The van der Waals surface area contributed by atoms with Gasteiger partial charge < -0.3 is 5.32 Å². The fraction of sp³-hybridized carbons (Fsp3) is 0.800. The molecule has 0 atom stereocenters. The van der Waals surface area contributed by atoms with Gasteiger partial charge in [-0.3, -0.25) is 4.68 Å². The van der Waals surface area contributed by atoms with Crippen molar-refractivity contribution >= 4 is 0 Å². The Balaban J connectivity index is 1.74. The van der Waals surface area contributed by atoms with E-state index < -0.39 is 0 Å². The monoisotopic (exact) mass is 249 g/mol. The van der Waals surface area contributed by atoms with E-state index in [1.165, 1.54) is 49.8 Å². The Labute approximate surface area is 111 Å². The number of rotatable bonds is 5. The summed E-state index contributed by atoms with van der Waals surface area (Å²) >= 11 is 0. The van der Waals surface area contributed by atoms with E-state index >= 15 is 0 Å². The highest BCUT2D eigenvalue weighted by molar-refractivity contribution is 5.15. The first kappa shape index (κ1) is 13.6. The Bertz CT molecular complexity index is 362. The second-order valence-corrected chi connectivity index (χ2v) is 5.77. The summed E-state index contributed by atoms with van der Waals surface area (Å²) in [4.78, 5) is 0. The van der Waals surface area contributed by atoms with Crippen molar-refractivity contribution in [2.24, 2.45) is 13.0 Å². The second-order valence-electron chi connectivity index (χ2n) is 5.77. The Morgan fingerprint density at radius 3 is 2.61 bits per heavy atom. The van der Waals surface area contributed by atoms with Gasteiger partial charge in [-0.1, -0.05) is 19.8 Å². The molecule has 1 aromatic rings. The zero-order valence-corrected chi connectivity index (χ0v) is 12.1. The molecule has 18 heavy (non-hydrogen) atoms. The van der Waals surface area contributed by atoms with Gasteiger partial charge in [0.1, 0.15) is 0 Å². The second kappa shape index (κ2) is 6.37. The number of hydrogen-bond acceptors (Lipinski definition) is 2. The van der Waals surface area contributed by atoms with Crippen molar-refractivity contribution in [1.82, 2.24) is 15.1 Å². The minimum Gasteiger partial charge on any atom is -0.310 e. The van der Waals surface area contributed by atoms with Crippen LogP contribution in [0, 0.1) is 12.8 Å². The fourth-order valence-electron chi connectivity index (χ4n) is 3.04. The van der Waals surface area contributed by atoms with E-state index in [9.17, 15) is 0 Å². The maximum absolute atomic E-state index is 4.29. The van der Waals surface area contributed by atoms with Crippen LogP contribution in [0.1, 0.15) is 56.7 Å². The molecule has 102 valence electrons. The molecule has 0 aromatic carbocycles. The van der Waals surface area contributed by atoms with Crippen molar-refractivity contribution < 1.29 is 0 Å². The molecule has 1 aliphatic rings. The maximum atomic E-state index is 4.29. The number of nitrogens with zero attached hydrogens (tertiary/aromatic N) is 2. The predicted molar refractivity (Wildman–Crippen MR) is 75.4 cm³/mol. The molecule has 0 spiro atoms. The quantitative estimate of drug-likeness (QED) is 0.868. The first-order valence-electron chi connectivity index (χ1n) is 7.41. The van der Waals surface area contributed by atoms with Crippen LogP contribution >= 0.6 is 0 Å². The van der Waals surface area contributed by atoms with Crippen LogP contribution < -0.4 is 5.32 Å². The maximum Gasteiger partial charge on any atom is 0.0537 e. The van der Waals surface area contributed by atoms with Crippen molar-refractivity contribution in [2.45, 2.75) is 65.0 Å². The van der Waals surface area contributed by atoms with Gasteiger partial charge in [0.15, 0.2) is 0 Å². The van der Waals surface area contributed by atoms with Gasteiger partial charge in [-0.05, 0) is 38.5 Å². The lowest BCUT2D eigenvalue weighted by Gasteiger charge is -2.29. The van der Waals surface area contributed by atoms with Crippen molar-refractivity contribution in [3.8, 4) is 0 Å². The van der Waals surface area contributed by atoms with Crippen LogP contribution in [-0.2, 0) is 13.6 Å². The zero-order valence-electron chi connectivity index (χ0n) is 12.1. The van der Waals surface area contributed by atoms with Gasteiger partial charge in [0.25, 0.3) is 0 Å². The highest BCUT2D eigenvalue weighted by Gasteiger charge is 2.20. The lowest BCUT2D eigenvalue weighted by molar-refractivity contribution is 0.277. The number of aryl methyl sites for hydroxylation is 1. The Kier molecular flexibility index (Phi) is 4.81. The molecule has 1 fully saturated rings. The van der Waals surface area contributed by atoms with Gasteiger partial charge in [0, 0.05) is 30.9 Å². The lowest BCUT2D eigenvalue weighted by Crippen LogP contribution is -2.32. The van der Waals surface area contributed by atoms with Crippen molar-refractivity contribution in [3.05, 3.63) is 17.5 Å². The van der Waals surface area contributed by atoms with Gasteiger partial charge in [-0.25, -0.2) is 0 Å². The van der Waals surface area contributed by atoms with Crippen LogP contribution in [0.3, 0.4) is 0 Å². The van der Waals surface area contributed by atoms with Gasteiger partial charge >= 0.3 is 0 Å². The summed E-state index contributed by atoms with van der Waals surface area (Å²) in [5.41, 5.74) is 2.62. The van der Waals surface area contributed by atoms with Crippen LogP contribution in [-0.4, -0.2) is 15.8 Å². The van der Waals surface area contributed by atoms with Crippen molar-refractivity contribution in [3.63, 3.8) is 0 Å². The Hall–Kier alpha value is -0.830. The minimum absolute atomic E-state index is 0.720. The van der Waals surface area contributed by atoms with E-state index in [4.69, 9.17) is 0 Å². The minimum atomic E-state index is 0.720. The predicted octanol–water partition coefficient (Wildman–Crippen LogP) is 3.18. The van der Waals surface area contributed by atoms with E-state index in [-0.39, 0.29) is 0 Å². The normalized spacial score (nSPS) is 24.4. The number of hydrogen-bond donors (Lipinski definition) is 1. The van der Waals surface area contributed by atoms with E-state index in [0.717, 1.165) is 18.5 Å². The smallest absolute Gasteiger partial charge is 0.0537 e. The lowest BCUT2D eigenvalue weighted by atomic mass is 9.83. The topological polar surface area (TPSA) is 29.9 Å². The molecular formula is C15H27N3. The van der Waals surface area contributed by atoms with Crippen LogP contribution in [0.25, 0.3) is 0 Å². The number of aromatic nitrogens is 2. The molecule has 3 nitrogen and oxygen atoms in total. The van der Waals surface area contributed by atoms with E-state index in [1.807, 2.05) is 17.9 Å². The molecule has 1 heterocycles. The summed E-state index contributed by atoms with van der Waals surface area (Å²) in [5, 5.41) is 7.99. The third kappa shape index (κ3) is 3.35. The average Bonchev–Trinajstić information content (AvgIpc) is 2.70. The van der Waals surface area contributed by atoms with Crippen LogP contribution in [0.15, 0.2) is 6.20 Å². The molecule has 1 aliphatic carbocycles. The van der Waals surface area contributed by atoms with Crippen molar-refractivity contribution in [1.29, 1.82) is 0 Å². The van der Waals surface area contributed by atoms with Crippen molar-refractivity contribution in [2.75, 3.05) is 0 Å². The first-order valence-corrected chi connectivity index (χ1v) is 7.41. The third-order valence-electron chi connectivity index (χ3n) is 4.46. The summed E-state index contributed by atoms with van der Waals surface area (Å²) in [5.74, 6) is 0.994. The largest absolute Gasteiger partial charge is 0.310 e. The summed E-state index contributed by atoms with van der Waals surface area (Å²) in [6.07, 6.45) is 10.3. The fourth-order valence-corrected chi connectivity index (χ4v) is 3.04. The van der Waals surface area contributed by atoms with E-state index in [0.29, 0.717) is 0 Å². The highest BCUT2D eigenvalue weighted by atomic mass is 15.3. The molecular weight excluding hydrogens is 222 g/mol. The molecule has 0 saturated heterocycles. The van der Waals surface area contributed by atoms with Crippen LogP contribution in [0.2, 0.25) is 0 Å². The average molecular weight is 249 g/mol. The molecule has 0 amide bonds. The summed E-state index contributed by atoms with van der Waals surface area (Å²) in [6.45, 7) is 5.42. The Morgan fingerprint density at radius 1 is 1.33 bits per heavy atom. The molecule has 1 saturated carbocycles. The summed E-state index contributed by atoms with van der Waals surface area (Å²) < 4.78 is 1.95. The van der Waals surface area contributed by atoms with Crippen LogP contribution in [0.4, 0.5) is 0 Å². The third-order valence-corrected chi connectivity index (χ3v) is 4.46. The molecule has 3 heteroatoms. The standard InChI is InChI=1S/C15H27N3/c1-4-5-13-6-8-15(9-7-13)16-10-14-11-17-18(3)12(14)2/h11,13,15-16H,4-10H2,1-3H3. The number of nitrogens with one attached hydrogen (secondary N) is 1. The summed E-state index contributed by atoms with van der Waals surface area (Å²) in [6, 6.07) is 0.720. The molecule has 1 aromatic heterocycles. The van der Waals surface area contributed by atoms with Gasteiger partial charge in [-0.2, -0.15) is 5.10 Å². The molecule has 0 bridgehead atoms. The molecule has 0 radical (unpaired) electrons. The first-order chi connectivity index (χ1) is 8.70. The molecule has 0 aliphatic heterocycles.